The normalized spacial score (nSPS) is 16.4. The summed E-state index contributed by atoms with van der Waals surface area (Å²) in [7, 11) is 2.21. The first-order valence-corrected chi connectivity index (χ1v) is 6.70. The average molecular weight is 249 g/mol. The fraction of sp³-hybridized carbons (Fsp3) is 0.692. The van der Waals surface area contributed by atoms with Crippen LogP contribution in [0.3, 0.4) is 0 Å². The van der Waals surface area contributed by atoms with Crippen LogP contribution in [0, 0.1) is 6.92 Å². The fourth-order valence-corrected chi connectivity index (χ4v) is 2.57. The number of anilines is 2. The summed E-state index contributed by atoms with van der Waals surface area (Å²) in [5.74, 6) is 1.15. The summed E-state index contributed by atoms with van der Waals surface area (Å²) in [5, 5.41) is 3.31. The standard InChI is InChI=1S/C13H23N5/c1-10-9-12(17-13(14)16-10)15-7-8-18(2)11-5-3-4-6-11/h9,11H,3-8H2,1-2H3,(H3,14,15,16,17). The van der Waals surface area contributed by atoms with Gasteiger partial charge in [-0.1, -0.05) is 12.8 Å². The second-order valence-corrected chi connectivity index (χ2v) is 5.10. The minimum atomic E-state index is 0.335. The predicted molar refractivity (Wildman–Crippen MR) is 74.6 cm³/mol. The lowest BCUT2D eigenvalue weighted by Crippen LogP contribution is -2.33. The Hall–Kier alpha value is -1.36. The van der Waals surface area contributed by atoms with Gasteiger partial charge in [0.1, 0.15) is 5.82 Å². The van der Waals surface area contributed by atoms with Gasteiger partial charge in [-0.05, 0) is 26.8 Å². The van der Waals surface area contributed by atoms with Crippen molar-refractivity contribution in [2.24, 2.45) is 0 Å². The molecule has 1 aliphatic carbocycles. The van der Waals surface area contributed by atoms with Crippen LogP contribution < -0.4 is 11.1 Å². The zero-order valence-corrected chi connectivity index (χ0v) is 11.3. The van der Waals surface area contributed by atoms with Gasteiger partial charge in [0.2, 0.25) is 5.95 Å². The Labute approximate surface area is 109 Å². The highest BCUT2D eigenvalue weighted by Crippen LogP contribution is 2.21. The first kappa shape index (κ1) is 13.1. The van der Waals surface area contributed by atoms with Gasteiger partial charge in [-0.2, -0.15) is 4.98 Å². The van der Waals surface area contributed by atoms with Crippen LogP contribution >= 0.6 is 0 Å². The Balaban J connectivity index is 1.77. The van der Waals surface area contributed by atoms with E-state index in [1.165, 1.54) is 25.7 Å². The molecule has 0 saturated heterocycles. The van der Waals surface area contributed by atoms with Crippen LogP contribution in [0.15, 0.2) is 6.07 Å². The summed E-state index contributed by atoms with van der Waals surface area (Å²) in [6.07, 6.45) is 5.44. The lowest BCUT2D eigenvalue weighted by molar-refractivity contribution is 0.254. The number of nitrogens with one attached hydrogen (secondary N) is 1. The fourth-order valence-electron chi connectivity index (χ4n) is 2.57. The van der Waals surface area contributed by atoms with Crippen LogP contribution in [0.2, 0.25) is 0 Å². The van der Waals surface area contributed by atoms with Gasteiger partial charge in [0.25, 0.3) is 0 Å². The molecule has 1 aromatic rings. The quantitative estimate of drug-likeness (QED) is 0.830. The second kappa shape index (κ2) is 6.00. The number of aromatic nitrogens is 2. The van der Waals surface area contributed by atoms with E-state index < -0.39 is 0 Å². The highest BCUT2D eigenvalue weighted by atomic mass is 15.2. The molecule has 0 bridgehead atoms. The molecular weight excluding hydrogens is 226 g/mol. The highest BCUT2D eigenvalue weighted by molar-refractivity contribution is 5.40. The summed E-state index contributed by atoms with van der Waals surface area (Å²) in [6.45, 7) is 3.85. The molecule has 1 aromatic heterocycles. The van der Waals surface area contributed by atoms with Crippen molar-refractivity contribution in [2.45, 2.75) is 38.6 Å². The van der Waals surface area contributed by atoms with Gasteiger partial charge in [0, 0.05) is 30.9 Å². The minimum absolute atomic E-state index is 0.335. The molecule has 0 aliphatic heterocycles. The Morgan fingerprint density at radius 2 is 2.11 bits per heavy atom. The second-order valence-electron chi connectivity index (χ2n) is 5.10. The molecule has 100 valence electrons. The van der Waals surface area contributed by atoms with Crippen molar-refractivity contribution < 1.29 is 0 Å². The molecule has 0 unspecified atom stereocenters. The molecule has 2 rings (SSSR count). The van der Waals surface area contributed by atoms with E-state index in [1.807, 2.05) is 13.0 Å². The third-order valence-corrected chi connectivity index (χ3v) is 3.59. The lowest BCUT2D eigenvalue weighted by atomic mass is 10.2. The maximum Gasteiger partial charge on any atom is 0.222 e. The molecule has 0 radical (unpaired) electrons. The van der Waals surface area contributed by atoms with Crippen LogP contribution in [0.4, 0.5) is 11.8 Å². The van der Waals surface area contributed by atoms with Gasteiger partial charge in [-0.3, -0.25) is 0 Å². The monoisotopic (exact) mass is 249 g/mol. The molecular formula is C13H23N5. The van der Waals surface area contributed by atoms with E-state index in [0.29, 0.717) is 5.95 Å². The van der Waals surface area contributed by atoms with Gasteiger partial charge < -0.3 is 16.0 Å². The number of nitrogens with two attached hydrogens (primary N) is 1. The van der Waals surface area contributed by atoms with Gasteiger partial charge in [-0.15, -0.1) is 0 Å². The Kier molecular flexibility index (Phi) is 4.36. The van der Waals surface area contributed by atoms with Crippen molar-refractivity contribution in [3.8, 4) is 0 Å². The number of hydrogen-bond acceptors (Lipinski definition) is 5. The van der Waals surface area contributed by atoms with Crippen molar-refractivity contribution in [1.29, 1.82) is 0 Å². The first-order valence-electron chi connectivity index (χ1n) is 6.70. The van der Waals surface area contributed by atoms with E-state index >= 15 is 0 Å². The topological polar surface area (TPSA) is 67.1 Å². The summed E-state index contributed by atoms with van der Waals surface area (Å²) in [4.78, 5) is 10.7. The van der Waals surface area contributed by atoms with Crippen molar-refractivity contribution in [3.63, 3.8) is 0 Å². The van der Waals surface area contributed by atoms with E-state index in [4.69, 9.17) is 5.73 Å². The Morgan fingerprint density at radius 3 is 2.78 bits per heavy atom. The van der Waals surface area contributed by atoms with Crippen molar-refractivity contribution in [1.82, 2.24) is 14.9 Å². The predicted octanol–water partition coefficient (Wildman–Crippen LogP) is 1.65. The van der Waals surface area contributed by atoms with E-state index in [-0.39, 0.29) is 0 Å². The summed E-state index contributed by atoms with van der Waals surface area (Å²) >= 11 is 0. The number of nitrogens with zero attached hydrogens (tertiary/aromatic N) is 3. The molecule has 5 heteroatoms. The van der Waals surface area contributed by atoms with Crippen LogP contribution in [0.1, 0.15) is 31.4 Å². The molecule has 0 amide bonds. The molecule has 3 N–H and O–H groups in total. The highest BCUT2D eigenvalue weighted by Gasteiger charge is 2.18. The smallest absolute Gasteiger partial charge is 0.222 e. The van der Waals surface area contributed by atoms with E-state index in [1.54, 1.807) is 0 Å². The first-order chi connectivity index (χ1) is 8.65. The van der Waals surface area contributed by atoms with Crippen LogP contribution in [-0.4, -0.2) is 41.0 Å². The lowest BCUT2D eigenvalue weighted by Gasteiger charge is -2.24. The van der Waals surface area contributed by atoms with Gasteiger partial charge in [0.05, 0.1) is 0 Å². The van der Waals surface area contributed by atoms with Gasteiger partial charge >= 0.3 is 0 Å². The zero-order chi connectivity index (χ0) is 13.0. The SMILES string of the molecule is Cc1cc(NCCN(C)C2CCCC2)nc(N)n1. The summed E-state index contributed by atoms with van der Waals surface area (Å²) in [6, 6.07) is 2.69. The Bertz CT molecular complexity index is 367. The van der Waals surface area contributed by atoms with Crippen molar-refractivity contribution in [2.75, 3.05) is 31.2 Å². The third-order valence-electron chi connectivity index (χ3n) is 3.59. The Morgan fingerprint density at radius 1 is 1.39 bits per heavy atom. The number of hydrogen-bond donors (Lipinski definition) is 2. The van der Waals surface area contributed by atoms with E-state index in [9.17, 15) is 0 Å². The molecule has 0 aromatic carbocycles. The number of likely N-dealkylation sites (N-methyl/N-ethyl adjacent to an activating group) is 1. The summed E-state index contributed by atoms with van der Waals surface area (Å²) in [5.41, 5.74) is 6.52. The molecule has 1 aliphatic rings. The molecule has 5 nitrogen and oxygen atoms in total. The maximum atomic E-state index is 5.62. The molecule has 0 atom stereocenters. The summed E-state index contributed by atoms with van der Waals surface area (Å²) < 4.78 is 0. The maximum absolute atomic E-state index is 5.62. The average Bonchev–Trinajstić information content (AvgIpc) is 2.80. The van der Waals surface area contributed by atoms with E-state index in [2.05, 4.69) is 27.2 Å². The molecule has 1 heterocycles. The van der Waals surface area contributed by atoms with Crippen LogP contribution in [-0.2, 0) is 0 Å². The van der Waals surface area contributed by atoms with Crippen molar-refractivity contribution in [3.05, 3.63) is 11.8 Å². The minimum Gasteiger partial charge on any atom is -0.369 e. The van der Waals surface area contributed by atoms with Gasteiger partial charge in [-0.25, -0.2) is 4.98 Å². The number of rotatable bonds is 5. The van der Waals surface area contributed by atoms with Gasteiger partial charge in [0.15, 0.2) is 0 Å². The third kappa shape index (κ3) is 3.57. The largest absolute Gasteiger partial charge is 0.369 e. The van der Waals surface area contributed by atoms with Crippen LogP contribution in [0.25, 0.3) is 0 Å². The molecule has 1 saturated carbocycles. The van der Waals surface area contributed by atoms with Crippen molar-refractivity contribution >= 4 is 11.8 Å². The van der Waals surface area contributed by atoms with Crippen LogP contribution in [0.5, 0.6) is 0 Å². The molecule has 18 heavy (non-hydrogen) atoms. The zero-order valence-electron chi connectivity index (χ0n) is 11.3. The number of nitrogen functional groups attached to an aromatic ring is 1. The number of aryl methyl sites for hydroxylation is 1. The molecule has 1 fully saturated rings. The van der Waals surface area contributed by atoms with E-state index in [0.717, 1.165) is 30.6 Å². The molecule has 0 spiro atoms.